The Bertz CT molecular complexity index is 169. The Kier molecular flexibility index (Phi) is 4.83. The van der Waals surface area contributed by atoms with Crippen LogP contribution in [-0.4, -0.2) is 5.78 Å². The standard InChI is InChI=1S/C13H26O/c1-7-9-12(3,4)11(14)13(5,6)10-8-2/h7-10H2,1-6H3. The molecule has 84 valence electrons. The largest absolute Gasteiger partial charge is 0.299 e. The molecule has 0 atom stereocenters. The van der Waals surface area contributed by atoms with E-state index >= 15 is 0 Å². The fraction of sp³-hybridized carbons (Fsp3) is 0.923. The van der Waals surface area contributed by atoms with E-state index in [9.17, 15) is 4.79 Å². The average Bonchev–Trinajstić information content (AvgIpc) is 2.02. The van der Waals surface area contributed by atoms with Crippen LogP contribution in [0.5, 0.6) is 0 Å². The fourth-order valence-corrected chi connectivity index (χ4v) is 2.39. The fourth-order valence-electron chi connectivity index (χ4n) is 2.39. The molecule has 0 N–H and O–H groups in total. The Morgan fingerprint density at radius 3 is 1.36 bits per heavy atom. The van der Waals surface area contributed by atoms with Gasteiger partial charge in [-0.25, -0.2) is 0 Å². The molecule has 0 fully saturated rings. The van der Waals surface area contributed by atoms with Crippen molar-refractivity contribution in [3.05, 3.63) is 0 Å². The second-order valence-corrected chi connectivity index (χ2v) is 5.60. The number of hydrogen-bond acceptors (Lipinski definition) is 1. The van der Waals surface area contributed by atoms with Gasteiger partial charge in [-0.3, -0.25) is 4.79 Å². The minimum atomic E-state index is -0.145. The topological polar surface area (TPSA) is 17.1 Å². The molecule has 14 heavy (non-hydrogen) atoms. The van der Waals surface area contributed by atoms with Crippen molar-refractivity contribution in [1.82, 2.24) is 0 Å². The van der Waals surface area contributed by atoms with Crippen molar-refractivity contribution in [2.75, 3.05) is 0 Å². The minimum Gasteiger partial charge on any atom is -0.299 e. The molecule has 0 aromatic heterocycles. The molecule has 1 nitrogen and oxygen atoms in total. The van der Waals surface area contributed by atoms with Gasteiger partial charge in [0.05, 0.1) is 0 Å². The van der Waals surface area contributed by atoms with E-state index in [1.54, 1.807) is 0 Å². The molecule has 0 spiro atoms. The van der Waals surface area contributed by atoms with Crippen molar-refractivity contribution in [3.8, 4) is 0 Å². The molecule has 0 saturated carbocycles. The lowest BCUT2D eigenvalue weighted by Gasteiger charge is -2.33. The molecule has 0 radical (unpaired) electrons. The van der Waals surface area contributed by atoms with Gasteiger partial charge >= 0.3 is 0 Å². The van der Waals surface area contributed by atoms with E-state index in [2.05, 4.69) is 41.5 Å². The Hall–Kier alpha value is -0.330. The van der Waals surface area contributed by atoms with Gasteiger partial charge in [0, 0.05) is 10.8 Å². The van der Waals surface area contributed by atoms with Crippen LogP contribution in [0, 0.1) is 10.8 Å². The molecular formula is C13H26O. The first kappa shape index (κ1) is 13.7. The van der Waals surface area contributed by atoms with Gasteiger partial charge in [0.1, 0.15) is 5.78 Å². The monoisotopic (exact) mass is 198 g/mol. The number of rotatable bonds is 6. The van der Waals surface area contributed by atoms with E-state index in [0.717, 1.165) is 25.7 Å². The van der Waals surface area contributed by atoms with Gasteiger partial charge in [0.25, 0.3) is 0 Å². The van der Waals surface area contributed by atoms with Crippen LogP contribution in [0.1, 0.15) is 67.2 Å². The first-order valence-electron chi connectivity index (χ1n) is 5.83. The maximum absolute atomic E-state index is 12.3. The van der Waals surface area contributed by atoms with Gasteiger partial charge in [-0.05, 0) is 12.8 Å². The van der Waals surface area contributed by atoms with Crippen molar-refractivity contribution < 1.29 is 4.79 Å². The molecule has 0 aliphatic heterocycles. The predicted octanol–water partition coefficient (Wildman–Crippen LogP) is 4.21. The second kappa shape index (κ2) is 4.95. The van der Waals surface area contributed by atoms with Gasteiger partial charge in [0.15, 0.2) is 0 Å². The summed E-state index contributed by atoms with van der Waals surface area (Å²) in [5.41, 5.74) is -0.291. The van der Waals surface area contributed by atoms with Crippen LogP contribution in [0.2, 0.25) is 0 Å². The maximum atomic E-state index is 12.3. The third-order valence-corrected chi connectivity index (χ3v) is 2.98. The molecule has 0 unspecified atom stereocenters. The number of hydrogen-bond donors (Lipinski definition) is 0. The molecule has 0 aromatic carbocycles. The van der Waals surface area contributed by atoms with Crippen molar-refractivity contribution in [2.24, 2.45) is 10.8 Å². The molecule has 0 amide bonds. The van der Waals surface area contributed by atoms with Crippen LogP contribution >= 0.6 is 0 Å². The summed E-state index contributed by atoms with van der Waals surface area (Å²) in [5, 5.41) is 0. The van der Waals surface area contributed by atoms with Crippen molar-refractivity contribution in [1.29, 1.82) is 0 Å². The van der Waals surface area contributed by atoms with Crippen LogP contribution in [0.4, 0.5) is 0 Å². The second-order valence-electron chi connectivity index (χ2n) is 5.60. The zero-order chi connectivity index (χ0) is 11.4. The van der Waals surface area contributed by atoms with Crippen LogP contribution in [0.15, 0.2) is 0 Å². The average molecular weight is 198 g/mol. The molecule has 0 aromatic rings. The Labute approximate surface area is 89.3 Å². The zero-order valence-corrected chi connectivity index (χ0v) is 10.7. The van der Waals surface area contributed by atoms with Gasteiger partial charge in [-0.1, -0.05) is 54.4 Å². The Balaban J connectivity index is 4.58. The Morgan fingerprint density at radius 1 is 0.857 bits per heavy atom. The molecule has 0 heterocycles. The summed E-state index contributed by atoms with van der Waals surface area (Å²) in [6.45, 7) is 12.6. The van der Waals surface area contributed by atoms with E-state index < -0.39 is 0 Å². The summed E-state index contributed by atoms with van der Waals surface area (Å²) in [4.78, 5) is 12.3. The highest BCUT2D eigenvalue weighted by atomic mass is 16.1. The van der Waals surface area contributed by atoms with Gasteiger partial charge in [-0.15, -0.1) is 0 Å². The van der Waals surface area contributed by atoms with E-state index in [0.29, 0.717) is 5.78 Å². The lowest BCUT2D eigenvalue weighted by atomic mass is 9.70. The van der Waals surface area contributed by atoms with Crippen molar-refractivity contribution >= 4 is 5.78 Å². The van der Waals surface area contributed by atoms with E-state index in [4.69, 9.17) is 0 Å². The summed E-state index contributed by atoms with van der Waals surface area (Å²) >= 11 is 0. The smallest absolute Gasteiger partial charge is 0.144 e. The van der Waals surface area contributed by atoms with Gasteiger partial charge in [-0.2, -0.15) is 0 Å². The highest BCUT2D eigenvalue weighted by Gasteiger charge is 2.37. The lowest BCUT2D eigenvalue weighted by Crippen LogP contribution is -2.36. The van der Waals surface area contributed by atoms with E-state index in [1.807, 2.05) is 0 Å². The number of ketones is 1. The number of carbonyl (C=O) groups excluding carboxylic acids is 1. The molecule has 0 aliphatic carbocycles. The van der Waals surface area contributed by atoms with E-state index in [1.165, 1.54) is 0 Å². The molecule has 0 bridgehead atoms. The summed E-state index contributed by atoms with van der Waals surface area (Å²) < 4.78 is 0. The van der Waals surface area contributed by atoms with Crippen LogP contribution in [0.25, 0.3) is 0 Å². The highest BCUT2D eigenvalue weighted by Crippen LogP contribution is 2.35. The molecule has 0 saturated heterocycles. The number of Topliss-reactive ketones (excluding diaryl/α,β-unsaturated/α-hetero) is 1. The summed E-state index contributed by atoms with van der Waals surface area (Å²) in [7, 11) is 0. The minimum absolute atomic E-state index is 0.145. The molecule has 1 heteroatoms. The number of carbonyl (C=O) groups is 1. The third kappa shape index (κ3) is 3.43. The summed E-state index contributed by atoms with van der Waals surface area (Å²) in [6, 6.07) is 0. The maximum Gasteiger partial charge on any atom is 0.144 e. The van der Waals surface area contributed by atoms with Crippen LogP contribution in [0.3, 0.4) is 0 Å². The van der Waals surface area contributed by atoms with Crippen LogP contribution in [-0.2, 0) is 4.79 Å². The van der Waals surface area contributed by atoms with Gasteiger partial charge < -0.3 is 0 Å². The Morgan fingerprint density at radius 2 is 1.14 bits per heavy atom. The van der Waals surface area contributed by atoms with Crippen LogP contribution < -0.4 is 0 Å². The predicted molar refractivity (Wildman–Crippen MR) is 62.4 cm³/mol. The van der Waals surface area contributed by atoms with Crippen molar-refractivity contribution in [3.63, 3.8) is 0 Å². The van der Waals surface area contributed by atoms with Crippen molar-refractivity contribution in [2.45, 2.75) is 67.2 Å². The first-order chi connectivity index (χ1) is 6.28. The third-order valence-electron chi connectivity index (χ3n) is 2.98. The van der Waals surface area contributed by atoms with E-state index in [-0.39, 0.29) is 10.8 Å². The summed E-state index contributed by atoms with van der Waals surface area (Å²) in [5.74, 6) is 0.425. The SMILES string of the molecule is CCCC(C)(C)C(=O)C(C)(C)CCC. The normalized spacial score (nSPS) is 13.0. The highest BCUT2D eigenvalue weighted by molar-refractivity contribution is 5.89. The quantitative estimate of drug-likeness (QED) is 0.625. The first-order valence-corrected chi connectivity index (χ1v) is 5.83. The molecular weight excluding hydrogens is 172 g/mol. The van der Waals surface area contributed by atoms with Gasteiger partial charge in [0.2, 0.25) is 0 Å². The lowest BCUT2D eigenvalue weighted by molar-refractivity contribution is -0.136. The summed E-state index contributed by atoms with van der Waals surface area (Å²) in [6.07, 6.45) is 4.17. The zero-order valence-electron chi connectivity index (χ0n) is 10.7. The molecule has 0 aliphatic rings. The molecule has 0 rings (SSSR count).